The van der Waals surface area contributed by atoms with Crippen LogP contribution in [0.3, 0.4) is 0 Å². The fourth-order valence-corrected chi connectivity index (χ4v) is 3.34. The molecule has 1 unspecified atom stereocenters. The summed E-state index contributed by atoms with van der Waals surface area (Å²) in [4.78, 5) is 6.86. The molecular formula is C19H29IN6. The third-order valence-electron chi connectivity index (χ3n) is 4.75. The quantitative estimate of drug-likeness (QED) is 0.389. The monoisotopic (exact) mass is 468 g/mol. The third kappa shape index (κ3) is 5.44. The number of halogens is 1. The van der Waals surface area contributed by atoms with Gasteiger partial charge in [-0.15, -0.1) is 24.0 Å². The number of aromatic nitrogens is 2. The lowest BCUT2D eigenvalue weighted by Gasteiger charge is -2.23. The molecule has 2 aromatic rings. The third-order valence-corrected chi connectivity index (χ3v) is 4.75. The Bertz CT molecular complexity index is 684. The van der Waals surface area contributed by atoms with Gasteiger partial charge in [-0.25, -0.2) is 4.68 Å². The van der Waals surface area contributed by atoms with E-state index in [0.29, 0.717) is 12.6 Å². The van der Waals surface area contributed by atoms with Crippen LogP contribution in [0.25, 0.3) is 5.69 Å². The van der Waals surface area contributed by atoms with Crippen molar-refractivity contribution in [1.82, 2.24) is 25.3 Å². The van der Waals surface area contributed by atoms with Crippen LogP contribution in [0.1, 0.15) is 25.3 Å². The molecule has 1 aromatic heterocycles. The number of nitrogens with one attached hydrogen (secondary N) is 2. The zero-order valence-corrected chi connectivity index (χ0v) is 17.9. The van der Waals surface area contributed by atoms with E-state index in [1.165, 1.54) is 19.4 Å². The van der Waals surface area contributed by atoms with Gasteiger partial charge in [0.25, 0.3) is 0 Å². The maximum absolute atomic E-state index is 4.43. The zero-order valence-electron chi connectivity index (χ0n) is 15.6. The molecule has 1 aromatic carbocycles. The lowest BCUT2D eigenvalue weighted by molar-refractivity contribution is 0.267. The summed E-state index contributed by atoms with van der Waals surface area (Å²) < 4.78 is 1.89. The number of nitrogens with zero attached hydrogens (tertiary/aromatic N) is 4. The van der Waals surface area contributed by atoms with E-state index >= 15 is 0 Å². The van der Waals surface area contributed by atoms with Crippen LogP contribution in [0, 0.1) is 0 Å². The van der Waals surface area contributed by atoms with Crippen molar-refractivity contribution in [3.63, 3.8) is 0 Å². The fourth-order valence-electron chi connectivity index (χ4n) is 3.34. The number of benzene rings is 1. The Hall–Kier alpha value is -1.61. The molecule has 6 nitrogen and oxygen atoms in total. The molecule has 0 aliphatic carbocycles. The minimum atomic E-state index is 0. The summed E-state index contributed by atoms with van der Waals surface area (Å²) in [7, 11) is 1.81. The number of hydrogen-bond donors (Lipinski definition) is 2. The molecule has 1 aliphatic rings. The van der Waals surface area contributed by atoms with Crippen LogP contribution in [-0.4, -0.2) is 53.4 Å². The van der Waals surface area contributed by atoms with E-state index in [0.717, 1.165) is 30.3 Å². The highest BCUT2D eigenvalue weighted by molar-refractivity contribution is 14.0. The Morgan fingerprint density at radius 1 is 1.27 bits per heavy atom. The summed E-state index contributed by atoms with van der Waals surface area (Å²) in [5.41, 5.74) is 2.19. The van der Waals surface area contributed by atoms with Crippen LogP contribution in [0.5, 0.6) is 0 Å². The first kappa shape index (κ1) is 20.7. The fraction of sp³-hybridized carbons (Fsp3) is 0.474. The molecule has 2 heterocycles. The first-order valence-corrected chi connectivity index (χ1v) is 9.07. The second-order valence-corrected chi connectivity index (χ2v) is 6.36. The van der Waals surface area contributed by atoms with Gasteiger partial charge in [0.1, 0.15) is 0 Å². The summed E-state index contributed by atoms with van der Waals surface area (Å²) in [6.45, 7) is 6.21. The number of hydrogen-bond acceptors (Lipinski definition) is 3. The van der Waals surface area contributed by atoms with Crippen LogP contribution in [-0.2, 0) is 6.54 Å². The zero-order chi connectivity index (χ0) is 17.5. The SMILES string of the molecule is CCN1CCCC1CNC(=NC)NCc1cnn(-c2ccccc2)c1.I. The molecule has 7 heteroatoms. The first-order chi connectivity index (χ1) is 12.3. The van der Waals surface area contributed by atoms with Gasteiger partial charge < -0.3 is 10.6 Å². The van der Waals surface area contributed by atoms with Gasteiger partial charge in [0, 0.05) is 37.9 Å². The molecule has 3 rings (SSSR count). The lowest BCUT2D eigenvalue weighted by Crippen LogP contribution is -2.44. The normalized spacial score (nSPS) is 17.8. The van der Waals surface area contributed by atoms with Gasteiger partial charge in [0.05, 0.1) is 11.9 Å². The molecule has 1 saturated heterocycles. The minimum Gasteiger partial charge on any atom is -0.355 e. The van der Waals surface area contributed by atoms with Gasteiger partial charge in [-0.3, -0.25) is 9.89 Å². The maximum atomic E-state index is 4.43. The standard InChI is InChI=1S/C19H28N6.HI/c1-3-24-11-7-10-18(24)14-22-19(20-2)21-12-16-13-23-25(15-16)17-8-5-4-6-9-17;/h4-6,8-9,13,15,18H,3,7,10-12,14H2,1-2H3,(H2,20,21,22);1H. The van der Waals surface area contributed by atoms with Gasteiger partial charge in [0.15, 0.2) is 5.96 Å². The molecule has 1 fully saturated rings. The van der Waals surface area contributed by atoms with Crippen molar-refractivity contribution in [2.75, 3.05) is 26.7 Å². The van der Waals surface area contributed by atoms with Crippen molar-refractivity contribution >= 4 is 29.9 Å². The van der Waals surface area contributed by atoms with Crippen molar-refractivity contribution in [2.45, 2.75) is 32.4 Å². The molecule has 0 saturated carbocycles. The van der Waals surface area contributed by atoms with E-state index in [9.17, 15) is 0 Å². The van der Waals surface area contributed by atoms with Crippen molar-refractivity contribution in [3.05, 3.63) is 48.3 Å². The number of para-hydroxylation sites is 1. The highest BCUT2D eigenvalue weighted by atomic mass is 127. The number of aliphatic imine (C=N–C) groups is 1. The Labute approximate surface area is 173 Å². The second-order valence-electron chi connectivity index (χ2n) is 6.36. The Morgan fingerprint density at radius 3 is 2.81 bits per heavy atom. The highest BCUT2D eigenvalue weighted by Gasteiger charge is 2.22. The molecular weight excluding hydrogens is 439 g/mol. The van der Waals surface area contributed by atoms with Gasteiger partial charge in [0.2, 0.25) is 0 Å². The number of likely N-dealkylation sites (tertiary alicyclic amines) is 1. The molecule has 2 N–H and O–H groups in total. The smallest absolute Gasteiger partial charge is 0.191 e. The molecule has 0 radical (unpaired) electrons. The Morgan fingerprint density at radius 2 is 2.08 bits per heavy atom. The van der Waals surface area contributed by atoms with Crippen LogP contribution in [0.15, 0.2) is 47.7 Å². The Kier molecular flexibility index (Phi) is 8.37. The van der Waals surface area contributed by atoms with E-state index in [-0.39, 0.29) is 24.0 Å². The van der Waals surface area contributed by atoms with Crippen LogP contribution in [0.4, 0.5) is 0 Å². The summed E-state index contributed by atoms with van der Waals surface area (Å²) in [6, 6.07) is 10.8. The molecule has 1 atom stereocenters. The molecule has 142 valence electrons. The van der Waals surface area contributed by atoms with Gasteiger partial charge >= 0.3 is 0 Å². The molecule has 1 aliphatic heterocycles. The average Bonchev–Trinajstić information content (AvgIpc) is 3.31. The number of likely N-dealkylation sites (N-methyl/N-ethyl adjacent to an activating group) is 1. The summed E-state index contributed by atoms with van der Waals surface area (Å²) in [5.74, 6) is 0.843. The van der Waals surface area contributed by atoms with E-state index in [4.69, 9.17) is 0 Å². The Balaban J connectivity index is 0.00000243. The minimum absolute atomic E-state index is 0. The summed E-state index contributed by atoms with van der Waals surface area (Å²) in [5, 5.41) is 11.3. The van der Waals surface area contributed by atoms with Crippen molar-refractivity contribution < 1.29 is 0 Å². The van der Waals surface area contributed by atoms with Crippen LogP contribution >= 0.6 is 24.0 Å². The van der Waals surface area contributed by atoms with Gasteiger partial charge in [-0.1, -0.05) is 25.1 Å². The second kappa shape index (κ2) is 10.5. The van der Waals surface area contributed by atoms with Gasteiger partial charge in [-0.05, 0) is 38.1 Å². The molecule has 0 bridgehead atoms. The van der Waals surface area contributed by atoms with E-state index in [1.807, 2.05) is 54.5 Å². The number of rotatable bonds is 6. The number of guanidine groups is 1. The summed E-state index contributed by atoms with van der Waals surface area (Å²) in [6.07, 6.45) is 6.50. The predicted octanol–water partition coefficient (Wildman–Crippen LogP) is 2.64. The van der Waals surface area contributed by atoms with Crippen molar-refractivity contribution in [3.8, 4) is 5.69 Å². The highest BCUT2D eigenvalue weighted by Crippen LogP contribution is 2.15. The van der Waals surface area contributed by atoms with Crippen molar-refractivity contribution in [2.24, 2.45) is 4.99 Å². The molecule has 26 heavy (non-hydrogen) atoms. The average molecular weight is 468 g/mol. The lowest BCUT2D eigenvalue weighted by atomic mass is 10.2. The van der Waals surface area contributed by atoms with Gasteiger partial charge in [-0.2, -0.15) is 5.10 Å². The maximum Gasteiger partial charge on any atom is 0.191 e. The predicted molar refractivity (Wildman–Crippen MR) is 117 cm³/mol. The van der Waals surface area contributed by atoms with Crippen molar-refractivity contribution in [1.29, 1.82) is 0 Å². The molecule has 0 amide bonds. The first-order valence-electron chi connectivity index (χ1n) is 9.07. The van der Waals surface area contributed by atoms with E-state index in [1.54, 1.807) is 0 Å². The van der Waals surface area contributed by atoms with Crippen LogP contribution in [0.2, 0.25) is 0 Å². The molecule has 0 spiro atoms. The summed E-state index contributed by atoms with van der Waals surface area (Å²) >= 11 is 0. The topological polar surface area (TPSA) is 57.5 Å². The van der Waals surface area contributed by atoms with E-state index in [2.05, 4.69) is 32.5 Å². The largest absolute Gasteiger partial charge is 0.355 e. The van der Waals surface area contributed by atoms with E-state index < -0.39 is 0 Å². The van der Waals surface area contributed by atoms with Crippen LogP contribution < -0.4 is 10.6 Å².